The summed E-state index contributed by atoms with van der Waals surface area (Å²) in [4.78, 5) is 37.2. The number of nitrogens with zero attached hydrogens (tertiary/aromatic N) is 3. The van der Waals surface area contributed by atoms with E-state index in [0.717, 1.165) is 29.6 Å². The second-order valence-corrected chi connectivity index (χ2v) is 11.0. The van der Waals surface area contributed by atoms with E-state index in [-0.39, 0.29) is 29.6 Å². The van der Waals surface area contributed by atoms with E-state index in [2.05, 4.69) is 64.8 Å². The fraction of sp³-hybridized carbons (Fsp3) is 0.242. The van der Waals surface area contributed by atoms with Crippen molar-refractivity contribution in [3.05, 3.63) is 102 Å². The molecule has 2 aliphatic heterocycles. The first kappa shape index (κ1) is 24.2. The van der Waals surface area contributed by atoms with Crippen molar-refractivity contribution in [1.29, 1.82) is 5.26 Å². The first-order valence-corrected chi connectivity index (χ1v) is 13.8. The molecule has 7 nitrogen and oxygen atoms in total. The Hall–Kier alpha value is -4.83. The summed E-state index contributed by atoms with van der Waals surface area (Å²) in [7, 11) is 0. The maximum Gasteiger partial charge on any atom is 0.228 e. The number of hydrogen-bond donors (Lipinski definition) is 2. The Kier molecular flexibility index (Phi) is 5.71. The molecule has 2 aromatic heterocycles. The molecule has 0 unspecified atom stereocenters. The van der Waals surface area contributed by atoms with Gasteiger partial charge in [-0.25, -0.2) is 0 Å². The van der Waals surface area contributed by atoms with Gasteiger partial charge in [-0.1, -0.05) is 36.4 Å². The number of rotatable bonds is 4. The minimum atomic E-state index is -0.364. The van der Waals surface area contributed by atoms with E-state index in [1.807, 2.05) is 17.0 Å². The second kappa shape index (κ2) is 9.42. The van der Waals surface area contributed by atoms with Gasteiger partial charge >= 0.3 is 0 Å². The molecule has 0 radical (unpaired) electrons. The van der Waals surface area contributed by atoms with Crippen LogP contribution < -0.4 is 4.90 Å². The van der Waals surface area contributed by atoms with Crippen LogP contribution in [0.15, 0.2) is 85.2 Å². The van der Waals surface area contributed by atoms with Gasteiger partial charge in [-0.15, -0.1) is 0 Å². The van der Waals surface area contributed by atoms with Gasteiger partial charge in [0.1, 0.15) is 0 Å². The van der Waals surface area contributed by atoms with Crippen LogP contribution >= 0.6 is 0 Å². The standard InChI is InChI=1S/C33H29N5O2/c34-18-22-9-11-24(12-10-22)38-21-23(17-31(38)39)32(40)37-15-13-33(14-16-37,27-19-35-29-7-3-1-5-25(27)29)28-20-36-30-8-4-2-6-26(28)30/h1-12,19-20,23,35-36H,13-17,21H2/t23-/m1/s1. The molecule has 2 N–H and O–H groups in total. The Balaban J connectivity index is 1.17. The lowest BCUT2D eigenvalue weighted by Crippen LogP contribution is -2.47. The zero-order chi connectivity index (χ0) is 27.3. The number of carbonyl (C=O) groups is 2. The molecule has 0 aliphatic carbocycles. The first-order valence-electron chi connectivity index (χ1n) is 13.8. The summed E-state index contributed by atoms with van der Waals surface area (Å²) in [5.41, 5.74) is 5.78. The van der Waals surface area contributed by atoms with Crippen molar-refractivity contribution in [3.8, 4) is 6.07 Å². The van der Waals surface area contributed by atoms with Crippen LogP contribution in [0.3, 0.4) is 0 Å². The number of aromatic amines is 2. The van der Waals surface area contributed by atoms with Gasteiger partial charge in [0, 0.05) is 71.4 Å². The highest BCUT2D eigenvalue weighted by Gasteiger charge is 2.44. The Morgan fingerprint density at radius 2 is 1.43 bits per heavy atom. The van der Waals surface area contributed by atoms with Crippen LogP contribution in [0.25, 0.3) is 21.8 Å². The number of hydrogen-bond acceptors (Lipinski definition) is 3. The lowest BCUT2D eigenvalue weighted by molar-refractivity contribution is -0.137. The Morgan fingerprint density at radius 1 is 0.850 bits per heavy atom. The van der Waals surface area contributed by atoms with Crippen LogP contribution in [0.5, 0.6) is 0 Å². The van der Waals surface area contributed by atoms with Crippen LogP contribution in [0.2, 0.25) is 0 Å². The normalized spacial score (nSPS) is 18.9. The molecule has 40 heavy (non-hydrogen) atoms. The van der Waals surface area contributed by atoms with Crippen LogP contribution in [-0.2, 0) is 15.0 Å². The number of likely N-dealkylation sites (tertiary alicyclic amines) is 1. The third-order valence-corrected chi connectivity index (χ3v) is 8.92. The topological polar surface area (TPSA) is 96.0 Å². The molecular formula is C33H29N5O2. The van der Waals surface area contributed by atoms with Crippen molar-refractivity contribution < 1.29 is 9.59 Å². The molecule has 0 bridgehead atoms. The summed E-state index contributed by atoms with van der Waals surface area (Å²) in [5, 5.41) is 11.5. The molecule has 2 aliphatic rings. The number of piperidine rings is 1. The van der Waals surface area contributed by atoms with Crippen LogP contribution in [0, 0.1) is 17.2 Å². The predicted octanol–water partition coefficient (Wildman–Crippen LogP) is 5.48. The molecule has 2 fully saturated rings. The summed E-state index contributed by atoms with van der Waals surface area (Å²) in [6.45, 7) is 1.62. The summed E-state index contributed by atoms with van der Waals surface area (Å²) in [5.74, 6) is -0.361. The number of benzene rings is 3. The number of amides is 2. The molecule has 7 heteroatoms. The van der Waals surface area contributed by atoms with Crippen molar-refractivity contribution in [1.82, 2.24) is 14.9 Å². The third-order valence-electron chi connectivity index (χ3n) is 8.92. The van der Waals surface area contributed by atoms with Gasteiger partial charge in [-0.3, -0.25) is 9.59 Å². The van der Waals surface area contributed by atoms with Gasteiger partial charge in [0.15, 0.2) is 0 Å². The van der Waals surface area contributed by atoms with E-state index in [4.69, 9.17) is 5.26 Å². The molecule has 5 aromatic rings. The maximum atomic E-state index is 13.7. The maximum absolute atomic E-state index is 13.7. The summed E-state index contributed by atoms with van der Waals surface area (Å²) in [6.07, 6.45) is 6.10. The molecule has 0 spiro atoms. The molecule has 1 atom stereocenters. The van der Waals surface area contributed by atoms with Crippen molar-refractivity contribution in [2.45, 2.75) is 24.7 Å². The van der Waals surface area contributed by atoms with Gasteiger partial charge < -0.3 is 19.8 Å². The van der Waals surface area contributed by atoms with Crippen LogP contribution in [0.4, 0.5) is 5.69 Å². The molecule has 4 heterocycles. The lowest BCUT2D eigenvalue weighted by Gasteiger charge is -2.43. The molecular weight excluding hydrogens is 498 g/mol. The monoisotopic (exact) mass is 527 g/mol. The Bertz CT molecular complexity index is 1710. The van der Waals surface area contributed by atoms with E-state index in [0.29, 0.717) is 25.2 Å². The zero-order valence-electron chi connectivity index (χ0n) is 22.1. The van der Waals surface area contributed by atoms with Gasteiger partial charge in [-0.05, 0) is 60.4 Å². The SMILES string of the molecule is N#Cc1ccc(N2C[C@H](C(=O)N3CCC(c4c[nH]c5ccccc45)(c4c[nH]c5ccccc45)CC3)CC2=O)cc1. The smallest absolute Gasteiger partial charge is 0.228 e. The fourth-order valence-electron chi connectivity index (χ4n) is 6.82. The van der Waals surface area contributed by atoms with Crippen LogP contribution in [-0.4, -0.2) is 46.3 Å². The summed E-state index contributed by atoms with van der Waals surface area (Å²) < 4.78 is 0. The molecule has 0 saturated carbocycles. The minimum absolute atomic E-state index is 0.0491. The van der Waals surface area contributed by atoms with Gasteiger partial charge in [0.05, 0.1) is 17.6 Å². The highest BCUT2D eigenvalue weighted by molar-refractivity contribution is 6.00. The quantitative estimate of drug-likeness (QED) is 0.324. The predicted molar refractivity (Wildman–Crippen MR) is 155 cm³/mol. The van der Waals surface area contributed by atoms with Crippen molar-refractivity contribution in [2.75, 3.05) is 24.5 Å². The van der Waals surface area contributed by atoms with E-state index >= 15 is 0 Å². The minimum Gasteiger partial charge on any atom is -0.361 e. The summed E-state index contributed by atoms with van der Waals surface area (Å²) >= 11 is 0. The lowest BCUT2D eigenvalue weighted by atomic mass is 9.67. The number of nitrogens with one attached hydrogen (secondary N) is 2. The fourth-order valence-corrected chi connectivity index (χ4v) is 6.82. The van der Waals surface area contributed by atoms with Gasteiger partial charge in [0.2, 0.25) is 11.8 Å². The largest absolute Gasteiger partial charge is 0.361 e. The highest BCUT2D eigenvalue weighted by atomic mass is 16.2. The number of carbonyl (C=O) groups excluding carboxylic acids is 2. The number of para-hydroxylation sites is 2. The zero-order valence-corrected chi connectivity index (χ0v) is 22.1. The molecule has 3 aromatic carbocycles. The van der Waals surface area contributed by atoms with E-state index in [9.17, 15) is 9.59 Å². The molecule has 7 rings (SSSR count). The third kappa shape index (κ3) is 3.79. The first-order chi connectivity index (χ1) is 19.6. The van der Waals surface area contributed by atoms with Crippen LogP contribution in [0.1, 0.15) is 36.0 Å². The second-order valence-electron chi connectivity index (χ2n) is 11.0. The number of aromatic nitrogens is 2. The summed E-state index contributed by atoms with van der Waals surface area (Å²) in [6, 6.07) is 25.9. The Labute approximate surface area is 232 Å². The Morgan fingerprint density at radius 3 is 2.00 bits per heavy atom. The average Bonchev–Trinajstić information content (AvgIpc) is 3.74. The average molecular weight is 528 g/mol. The number of fused-ring (bicyclic) bond motifs is 2. The van der Waals surface area contributed by atoms with Gasteiger partial charge in [0.25, 0.3) is 0 Å². The highest BCUT2D eigenvalue weighted by Crippen LogP contribution is 2.47. The number of anilines is 1. The molecule has 2 saturated heterocycles. The number of H-pyrrole nitrogens is 2. The van der Waals surface area contributed by atoms with E-state index < -0.39 is 0 Å². The van der Waals surface area contributed by atoms with E-state index in [1.54, 1.807) is 29.2 Å². The molecule has 198 valence electrons. The molecule has 2 amide bonds. The van der Waals surface area contributed by atoms with Crippen molar-refractivity contribution >= 4 is 39.3 Å². The van der Waals surface area contributed by atoms with E-state index in [1.165, 1.54) is 21.9 Å². The number of nitriles is 1. The van der Waals surface area contributed by atoms with Gasteiger partial charge in [-0.2, -0.15) is 5.26 Å². The van der Waals surface area contributed by atoms with Crippen molar-refractivity contribution in [3.63, 3.8) is 0 Å². The van der Waals surface area contributed by atoms with Crippen molar-refractivity contribution in [2.24, 2.45) is 5.92 Å².